The van der Waals surface area contributed by atoms with Gasteiger partial charge in [0.05, 0.1) is 13.2 Å². The van der Waals surface area contributed by atoms with Crippen LogP contribution in [0.1, 0.15) is 39.5 Å². The number of ether oxygens (including phenoxy) is 1. The molecule has 7 heteroatoms. The van der Waals surface area contributed by atoms with E-state index >= 15 is 0 Å². The number of unbranched alkanes of at least 4 members (excludes halogenated alkanes) is 2. The Hall–Kier alpha value is -0.473. The number of carbonyl (C=O) groups is 1. The molecule has 0 unspecified atom stereocenters. The summed E-state index contributed by atoms with van der Waals surface area (Å²) in [7, 11) is -2.02. The van der Waals surface area contributed by atoms with Gasteiger partial charge >= 0.3 is 5.97 Å². The van der Waals surface area contributed by atoms with E-state index in [0.29, 0.717) is 13.2 Å². The van der Waals surface area contributed by atoms with E-state index < -0.39 is 13.9 Å². The lowest BCUT2D eigenvalue weighted by Crippen LogP contribution is -2.54. The zero-order valence-corrected chi connectivity index (χ0v) is 15.0. The molecule has 0 aliphatic carbocycles. The lowest BCUT2D eigenvalue weighted by atomic mass is 9.86. The monoisotopic (exact) mass is 329 g/mol. The van der Waals surface area contributed by atoms with Crippen molar-refractivity contribution in [2.75, 3.05) is 13.2 Å². The van der Waals surface area contributed by atoms with E-state index in [4.69, 9.17) is 18.8 Å². The van der Waals surface area contributed by atoms with Gasteiger partial charge in [-0.25, -0.2) is 4.79 Å². The van der Waals surface area contributed by atoms with Crippen LogP contribution in [0.25, 0.3) is 0 Å². The molecule has 0 bridgehead atoms. The first-order chi connectivity index (χ1) is 10.5. The topological polar surface area (TPSA) is 57.2 Å². The van der Waals surface area contributed by atoms with E-state index in [1.807, 2.05) is 6.92 Å². The molecular weight excluding hydrogens is 302 g/mol. The molecule has 3 fully saturated rings. The minimum absolute atomic E-state index is 0.0558. The van der Waals surface area contributed by atoms with Crippen molar-refractivity contribution in [2.24, 2.45) is 0 Å². The second-order valence-corrected chi connectivity index (χ2v) is 11.1. The molecular formula is C15H27NO5Si. The van der Waals surface area contributed by atoms with Gasteiger partial charge in [-0.2, -0.15) is 0 Å². The van der Waals surface area contributed by atoms with Gasteiger partial charge in [-0.15, -0.1) is 0 Å². The molecule has 6 nitrogen and oxygen atoms in total. The molecule has 0 saturated carbocycles. The zero-order valence-electron chi connectivity index (χ0n) is 14.0. The maximum Gasteiger partial charge on any atom is 0.334 e. The van der Waals surface area contributed by atoms with Gasteiger partial charge in [0.25, 0.3) is 0 Å². The lowest BCUT2D eigenvalue weighted by molar-refractivity contribution is -0.355. The van der Waals surface area contributed by atoms with Gasteiger partial charge in [0, 0.05) is 5.54 Å². The van der Waals surface area contributed by atoms with Crippen LogP contribution < -0.4 is 0 Å². The molecule has 3 aliphatic rings. The second kappa shape index (κ2) is 5.87. The van der Waals surface area contributed by atoms with Gasteiger partial charge in [0.15, 0.2) is 8.32 Å². The summed E-state index contributed by atoms with van der Waals surface area (Å²) < 4.78 is 11.8. The highest BCUT2D eigenvalue weighted by molar-refractivity contribution is 6.74. The Morgan fingerprint density at radius 3 is 2.82 bits per heavy atom. The summed E-state index contributed by atoms with van der Waals surface area (Å²) >= 11 is 0. The third-order valence-electron chi connectivity index (χ3n) is 5.16. The van der Waals surface area contributed by atoms with Crippen LogP contribution in [0.4, 0.5) is 0 Å². The first-order valence-corrected chi connectivity index (χ1v) is 11.4. The van der Waals surface area contributed by atoms with Crippen molar-refractivity contribution in [1.29, 1.82) is 0 Å². The third kappa shape index (κ3) is 2.17. The molecule has 3 heterocycles. The van der Waals surface area contributed by atoms with E-state index in [1.165, 1.54) is 5.23 Å². The second-order valence-electron chi connectivity index (χ2n) is 6.93. The number of nitrogens with zero attached hydrogens (tertiary/aromatic N) is 1. The number of hydroxylamine groups is 2. The van der Waals surface area contributed by atoms with E-state index in [9.17, 15) is 4.79 Å². The van der Waals surface area contributed by atoms with Gasteiger partial charge in [0.2, 0.25) is 5.54 Å². The summed E-state index contributed by atoms with van der Waals surface area (Å²) in [5, 5.41) is 1.43. The molecule has 0 aromatic heterocycles. The summed E-state index contributed by atoms with van der Waals surface area (Å²) in [5.41, 5.74) is -0.831. The fourth-order valence-corrected chi connectivity index (χ4v) is 7.14. The largest absolute Gasteiger partial charge is 0.464 e. The summed E-state index contributed by atoms with van der Waals surface area (Å²) in [6, 6.07) is 0. The molecule has 22 heavy (non-hydrogen) atoms. The van der Waals surface area contributed by atoms with E-state index in [-0.39, 0.29) is 23.7 Å². The van der Waals surface area contributed by atoms with Crippen molar-refractivity contribution >= 4 is 14.3 Å². The predicted molar refractivity (Wildman–Crippen MR) is 82.3 cm³/mol. The number of hydrogen-bond donors (Lipinski definition) is 0. The Kier molecular flexibility index (Phi) is 4.37. The maximum absolute atomic E-state index is 12.8. The molecule has 3 rings (SSSR count). The van der Waals surface area contributed by atoms with Crippen LogP contribution in [-0.2, 0) is 23.6 Å². The predicted octanol–water partition coefficient (Wildman–Crippen LogP) is 2.40. The minimum Gasteiger partial charge on any atom is -0.464 e. The Bertz CT molecular complexity index is 446. The van der Waals surface area contributed by atoms with Crippen molar-refractivity contribution in [3.63, 3.8) is 0 Å². The van der Waals surface area contributed by atoms with Gasteiger partial charge in [-0.05, 0) is 31.7 Å². The molecule has 0 amide bonds. The van der Waals surface area contributed by atoms with Crippen LogP contribution in [0.3, 0.4) is 0 Å². The Balaban J connectivity index is 1.88. The summed E-state index contributed by atoms with van der Waals surface area (Å²) in [4.78, 5) is 24.4. The average molecular weight is 329 g/mol. The number of hydrogen-bond acceptors (Lipinski definition) is 6. The zero-order chi connectivity index (χ0) is 16.0. The van der Waals surface area contributed by atoms with Gasteiger partial charge < -0.3 is 9.16 Å². The van der Waals surface area contributed by atoms with Crippen LogP contribution in [-0.4, -0.2) is 50.5 Å². The molecule has 0 aromatic carbocycles. The molecule has 3 aliphatic heterocycles. The maximum atomic E-state index is 12.8. The Morgan fingerprint density at radius 1 is 1.36 bits per heavy atom. The average Bonchev–Trinajstić information content (AvgIpc) is 3.04. The highest BCUT2D eigenvalue weighted by Gasteiger charge is 2.78. The molecule has 0 aromatic rings. The van der Waals surface area contributed by atoms with Crippen LogP contribution in [0.2, 0.25) is 18.6 Å². The van der Waals surface area contributed by atoms with Crippen LogP contribution in [0, 0.1) is 0 Å². The fourth-order valence-electron chi connectivity index (χ4n) is 4.07. The molecule has 0 radical (unpaired) electrons. The summed E-state index contributed by atoms with van der Waals surface area (Å²) in [5.74, 6) is -0.251. The summed E-state index contributed by atoms with van der Waals surface area (Å²) in [6.07, 6.45) is 3.89. The normalized spacial score (nSPS) is 39.2. The van der Waals surface area contributed by atoms with Crippen molar-refractivity contribution in [3.8, 4) is 0 Å². The highest BCUT2D eigenvalue weighted by atomic mass is 28.4. The first kappa shape index (κ1) is 16.4. The van der Waals surface area contributed by atoms with Crippen LogP contribution in [0.5, 0.6) is 0 Å². The third-order valence-corrected chi connectivity index (χ3v) is 8.31. The van der Waals surface area contributed by atoms with Crippen molar-refractivity contribution in [2.45, 2.75) is 75.9 Å². The molecule has 0 spiro atoms. The van der Waals surface area contributed by atoms with Gasteiger partial charge in [-0.1, -0.05) is 26.2 Å². The highest BCUT2D eigenvalue weighted by Crippen LogP contribution is 2.58. The summed E-state index contributed by atoms with van der Waals surface area (Å²) in [6.45, 7) is 9.16. The minimum atomic E-state index is -2.02. The van der Waals surface area contributed by atoms with Crippen molar-refractivity contribution < 1.29 is 23.6 Å². The molecule has 126 valence electrons. The van der Waals surface area contributed by atoms with Crippen molar-refractivity contribution in [1.82, 2.24) is 5.23 Å². The first-order valence-electron chi connectivity index (χ1n) is 8.43. The quantitative estimate of drug-likeness (QED) is 0.424. The number of rotatable bonds is 6. The van der Waals surface area contributed by atoms with Crippen molar-refractivity contribution in [3.05, 3.63) is 0 Å². The number of esters is 1. The smallest absolute Gasteiger partial charge is 0.334 e. The van der Waals surface area contributed by atoms with Gasteiger partial charge in [0.1, 0.15) is 12.2 Å². The molecule has 4 atom stereocenters. The number of carbonyl (C=O) groups excluding carboxylic acids is 1. The van der Waals surface area contributed by atoms with E-state index in [0.717, 1.165) is 25.7 Å². The van der Waals surface area contributed by atoms with E-state index in [2.05, 4.69) is 20.0 Å². The standard InChI is InChI=1S/C15H27NO5Si/c1-5-7-8-9-11-13-15(14(17)18-6-2)12(22(3,4)21-13)10-19-16(15)20-11/h11-13H,5-10H2,1-4H3/t11-,12-,13+,15+/m0/s1. The Morgan fingerprint density at radius 2 is 2.14 bits per heavy atom. The fraction of sp³-hybridized carbons (Fsp3) is 0.933. The lowest BCUT2D eigenvalue weighted by Gasteiger charge is -2.28. The van der Waals surface area contributed by atoms with Gasteiger partial charge in [-0.3, -0.25) is 9.68 Å². The van der Waals surface area contributed by atoms with Crippen LogP contribution in [0.15, 0.2) is 0 Å². The van der Waals surface area contributed by atoms with Crippen LogP contribution >= 0.6 is 0 Å². The SMILES string of the molecule is CCCCC[C@@H]1ON2OC[C@H]3[C@]2(C(=O)OCC)[C@@H]1O[Si]3(C)C. The molecule has 3 saturated heterocycles. The molecule has 0 N–H and O–H groups in total. The van der Waals surface area contributed by atoms with E-state index in [1.54, 1.807) is 0 Å². The Labute approximate surface area is 133 Å².